The highest BCUT2D eigenvalue weighted by atomic mass is 32.2. The molecule has 1 unspecified atom stereocenters. The topological polar surface area (TPSA) is 37.3 Å². The minimum absolute atomic E-state index is 0.528. The highest BCUT2D eigenvalue weighted by Gasteiger charge is 2.10. The van der Waals surface area contributed by atoms with Gasteiger partial charge < -0.3 is 4.55 Å². The van der Waals surface area contributed by atoms with Gasteiger partial charge >= 0.3 is 0 Å². The zero-order valence-electron chi connectivity index (χ0n) is 7.32. The van der Waals surface area contributed by atoms with Crippen LogP contribution in [0.3, 0.4) is 0 Å². The second kappa shape index (κ2) is 3.60. The Bertz CT molecular complexity index is 347. The SMILES string of the molecule is O=S(O)c1ccc2c(c1)CCCC2. The van der Waals surface area contributed by atoms with Crippen molar-refractivity contribution in [2.75, 3.05) is 0 Å². The highest BCUT2D eigenvalue weighted by molar-refractivity contribution is 7.79. The first-order valence-electron chi connectivity index (χ1n) is 4.50. The van der Waals surface area contributed by atoms with E-state index in [9.17, 15) is 4.21 Å². The molecular formula is C10H12O2S. The second-order valence-electron chi connectivity index (χ2n) is 3.39. The second-order valence-corrected chi connectivity index (χ2v) is 4.36. The maximum atomic E-state index is 10.8. The molecule has 1 N–H and O–H groups in total. The fourth-order valence-corrected chi connectivity index (χ4v) is 2.25. The molecule has 0 saturated heterocycles. The molecule has 2 nitrogen and oxygen atoms in total. The molecule has 1 aliphatic rings. The lowest BCUT2D eigenvalue weighted by molar-refractivity contribution is 0.564. The molecule has 0 heterocycles. The van der Waals surface area contributed by atoms with Crippen molar-refractivity contribution in [1.29, 1.82) is 0 Å². The highest BCUT2D eigenvalue weighted by Crippen LogP contribution is 2.22. The number of rotatable bonds is 1. The molecule has 1 aliphatic carbocycles. The van der Waals surface area contributed by atoms with Crippen LogP contribution in [0.15, 0.2) is 23.1 Å². The lowest BCUT2D eigenvalue weighted by Crippen LogP contribution is -2.03. The molecule has 3 heteroatoms. The molecule has 0 saturated carbocycles. The lowest BCUT2D eigenvalue weighted by Gasteiger charge is -2.15. The zero-order valence-corrected chi connectivity index (χ0v) is 8.14. The number of hydrogen-bond acceptors (Lipinski definition) is 1. The van der Waals surface area contributed by atoms with Crippen LogP contribution in [-0.4, -0.2) is 8.76 Å². The molecule has 1 aromatic carbocycles. The summed E-state index contributed by atoms with van der Waals surface area (Å²) in [6.45, 7) is 0. The van der Waals surface area contributed by atoms with Crippen molar-refractivity contribution in [2.24, 2.45) is 0 Å². The first kappa shape index (κ1) is 8.91. The Morgan fingerprint density at radius 1 is 1.15 bits per heavy atom. The van der Waals surface area contributed by atoms with Gasteiger partial charge in [0, 0.05) is 0 Å². The summed E-state index contributed by atoms with van der Waals surface area (Å²) >= 11 is -1.83. The van der Waals surface area contributed by atoms with Gasteiger partial charge in [0.05, 0.1) is 4.90 Å². The molecule has 2 rings (SSSR count). The van der Waals surface area contributed by atoms with Crippen molar-refractivity contribution < 1.29 is 8.76 Å². The number of aryl methyl sites for hydroxylation is 2. The molecule has 1 atom stereocenters. The van der Waals surface area contributed by atoms with Crippen LogP contribution in [0.25, 0.3) is 0 Å². The Labute approximate surface area is 80.3 Å². The van der Waals surface area contributed by atoms with Crippen molar-refractivity contribution >= 4 is 11.1 Å². The van der Waals surface area contributed by atoms with Crippen LogP contribution in [0, 0.1) is 0 Å². The van der Waals surface area contributed by atoms with Crippen molar-refractivity contribution in [3.8, 4) is 0 Å². The van der Waals surface area contributed by atoms with Crippen molar-refractivity contribution in [3.63, 3.8) is 0 Å². The van der Waals surface area contributed by atoms with E-state index in [-0.39, 0.29) is 0 Å². The first-order valence-corrected chi connectivity index (χ1v) is 5.61. The molecular weight excluding hydrogens is 184 g/mol. The Morgan fingerprint density at radius 3 is 2.54 bits per heavy atom. The minimum atomic E-state index is -1.83. The third kappa shape index (κ3) is 1.81. The molecule has 0 spiro atoms. The number of benzene rings is 1. The zero-order chi connectivity index (χ0) is 9.26. The summed E-state index contributed by atoms with van der Waals surface area (Å²) in [4.78, 5) is 0.528. The standard InChI is InChI=1S/C10H12O2S/c11-13(12)10-6-5-8-3-1-2-4-9(8)7-10/h5-7H,1-4H2,(H,11,12). The summed E-state index contributed by atoms with van der Waals surface area (Å²) in [5.74, 6) is 0. The van der Waals surface area contributed by atoms with E-state index in [0.29, 0.717) is 4.90 Å². The van der Waals surface area contributed by atoms with Crippen LogP contribution in [-0.2, 0) is 23.9 Å². The first-order chi connectivity index (χ1) is 6.27. The molecule has 0 aromatic heterocycles. The molecule has 1 aromatic rings. The quantitative estimate of drug-likeness (QED) is 0.699. The maximum Gasteiger partial charge on any atom is 0.186 e. The van der Waals surface area contributed by atoms with Gasteiger partial charge in [0.25, 0.3) is 0 Å². The predicted molar refractivity (Wildman–Crippen MR) is 52.1 cm³/mol. The Kier molecular flexibility index (Phi) is 2.47. The molecule has 0 bridgehead atoms. The third-order valence-electron chi connectivity index (χ3n) is 2.52. The van der Waals surface area contributed by atoms with Gasteiger partial charge in [-0.05, 0) is 48.9 Å². The Balaban J connectivity index is 2.40. The van der Waals surface area contributed by atoms with E-state index >= 15 is 0 Å². The van der Waals surface area contributed by atoms with Crippen molar-refractivity contribution in [1.82, 2.24) is 0 Å². The maximum absolute atomic E-state index is 10.8. The van der Waals surface area contributed by atoms with Crippen molar-refractivity contribution in [3.05, 3.63) is 29.3 Å². The molecule has 70 valence electrons. The van der Waals surface area contributed by atoms with E-state index in [1.807, 2.05) is 12.1 Å². The van der Waals surface area contributed by atoms with Crippen LogP contribution < -0.4 is 0 Å². The van der Waals surface area contributed by atoms with Crippen LogP contribution >= 0.6 is 0 Å². The Morgan fingerprint density at radius 2 is 1.85 bits per heavy atom. The van der Waals surface area contributed by atoms with E-state index < -0.39 is 11.1 Å². The molecule has 0 radical (unpaired) electrons. The summed E-state index contributed by atoms with van der Waals surface area (Å²) in [6, 6.07) is 5.60. The number of fused-ring (bicyclic) bond motifs is 1. The predicted octanol–water partition coefficient (Wildman–Crippen LogP) is 2.15. The van der Waals surface area contributed by atoms with Gasteiger partial charge in [-0.1, -0.05) is 6.07 Å². The van der Waals surface area contributed by atoms with Crippen molar-refractivity contribution in [2.45, 2.75) is 30.6 Å². The minimum Gasteiger partial charge on any atom is -0.302 e. The largest absolute Gasteiger partial charge is 0.302 e. The van der Waals surface area contributed by atoms with Gasteiger partial charge in [-0.2, -0.15) is 0 Å². The van der Waals surface area contributed by atoms with Gasteiger partial charge in [0.2, 0.25) is 0 Å². The van der Waals surface area contributed by atoms with Gasteiger partial charge in [-0.15, -0.1) is 0 Å². The fraction of sp³-hybridized carbons (Fsp3) is 0.400. The molecule has 0 aliphatic heterocycles. The summed E-state index contributed by atoms with van der Waals surface area (Å²) < 4.78 is 19.7. The molecule has 0 fully saturated rings. The fourth-order valence-electron chi connectivity index (χ4n) is 1.82. The summed E-state index contributed by atoms with van der Waals surface area (Å²) in [7, 11) is 0. The van der Waals surface area contributed by atoms with Crippen LogP contribution in [0.5, 0.6) is 0 Å². The normalized spacial score (nSPS) is 17.9. The Hall–Kier alpha value is -0.670. The van der Waals surface area contributed by atoms with Crippen LogP contribution in [0.4, 0.5) is 0 Å². The van der Waals surface area contributed by atoms with E-state index in [0.717, 1.165) is 12.8 Å². The van der Waals surface area contributed by atoms with E-state index in [4.69, 9.17) is 4.55 Å². The summed E-state index contributed by atoms with van der Waals surface area (Å²) in [6.07, 6.45) is 4.62. The lowest BCUT2D eigenvalue weighted by atomic mass is 9.92. The summed E-state index contributed by atoms with van der Waals surface area (Å²) in [5.41, 5.74) is 2.60. The number of hydrogen-bond donors (Lipinski definition) is 1. The van der Waals surface area contributed by atoms with Crippen LogP contribution in [0.1, 0.15) is 24.0 Å². The van der Waals surface area contributed by atoms with Gasteiger partial charge in [-0.25, -0.2) is 4.21 Å². The average molecular weight is 196 g/mol. The van der Waals surface area contributed by atoms with Crippen LogP contribution in [0.2, 0.25) is 0 Å². The monoisotopic (exact) mass is 196 g/mol. The van der Waals surface area contributed by atoms with E-state index in [1.54, 1.807) is 6.07 Å². The molecule has 0 amide bonds. The average Bonchev–Trinajstić information content (AvgIpc) is 2.17. The van der Waals surface area contributed by atoms with Gasteiger partial charge in [-0.3, -0.25) is 0 Å². The summed E-state index contributed by atoms with van der Waals surface area (Å²) in [5, 5.41) is 0. The third-order valence-corrected chi connectivity index (χ3v) is 3.18. The van der Waals surface area contributed by atoms with E-state index in [2.05, 4.69) is 0 Å². The van der Waals surface area contributed by atoms with E-state index in [1.165, 1.54) is 24.0 Å². The van der Waals surface area contributed by atoms with Gasteiger partial charge in [0.15, 0.2) is 11.1 Å². The molecule has 13 heavy (non-hydrogen) atoms. The van der Waals surface area contributed by atoms with Gasteiger partial charge in [0.1, 0.15) is 0 Å². The smallest absolute Gasteiger partial charge is 0.186 e.